The number of nitrogens with zero attached hydrogens (tertiary/aromatic N) is 1. The van der Waals surface area contributed by atoms with Gasteiger partial charge in [0.15, 0.2) is 6.73 Å². The number of carboxylic acid groups (broad SMARTS) is 1. The van der Waals surface area contributed by atoms with Gasteiger partial charge in [-0.1, -0.05) is 0 Å². The zero-order valence-electron chi connectivity index (χ0n) is 7.64. The highest BCUT2D eigenvalue weighted by Crippen LogP contribution is 2.21. The number of benzene rings is 1. The number of rotatable bonds is 1. The molecule has 0 bridgehead atoms. The van der Waals surface area contributed by atoms with Crippen molar-refractivity contribution in [3.8, 4) is 0 Å². The summed E-state index contributed by atoms with van der Waals surface area (Å²) in [6.45, 7) is -0.0883. The lowest BCUT2D eigenvalue weighted by atomic mass is 10.2. The Balaban J connectivity index is 2.22. The second-order valence-corrected chi connectivity index (χ2v) is 3.01. The SMILES string of the molecule is O=C([O-])N1C=C(c2ccc(F)cc2)OC1. The minimum atomic E-state index is -1.33. The molecule has 1 amide bonds. The smallest absolute Gasteiger partial charge is 0.166 e. The first-order valence-electron chi connectivity index (χ1n) is 4.25. The Bertz CT molecular complexity index is 413. The van der Waals surface area contributed by atoms with Crippen molar-refractivity contribution in [3.63, 3.8) is 0 Å². The summed E-state index contributed by atoms with van der Waals surface area (Å²) in [5, 5.41) is 10.5. The van der Waals surface area contributed by atoms with E-state index in [0.29, 0.717) is 11.3 Å². The summed E-state index contributed by atoms with van der Waals surface area (Å²) < 4.78 is 17.7. The van der Waals surface area contributed by atoms with Crippen molar-refractivity contribution in [2.24, 2.45) is 0 Å². The zero-order chi connectivity index (χ0) is 10.8. The molecule has 0 unspecified atom stereocenters. The Morgan fingerprint density at radius 3 is 2.60 bits per heavy atom. The van der Waals surface area contributed by atoms with E-state index in [0.717, 1.165) is 4.90 Å². The lowest BCUT2D eigenvalue weighted by Crippen LogP contribution is -2.36. The predicted octanol–water partition coefficient (Wildman–Crippen LogP) is 0.757. The third kappa shape index (κ3) is 1.90. The molecule has 0 atom stereocenters. The summed E-state index contributed by atoms with van der Waals surface area (Å²) in [4.78, 5) is 11.4. The first kappa shape index (κ1) is 9.51. The van der Waals surface area contributed by atoms with Gasteiger partial charge in [-0.2, -0.15) is 0 Å². The van der Waals surface area contributed by atoms with Crippen molar-refractivity contribution in [1.82, 2.24) is 4.90 Å². The van der Waals surface area contributed by atoms with Crippen molar-refractivity contribution in [2.45, 2.75) is 0 Å². The highest BCUT2D eigenvalue weighted by molar-refractivity contribution is 5.70. The minimum absolute atomic E-state index is 0.0883. The minimum Gasteiger partial charge on any atom is -0.530 e. The van der Waals surface area contributed by atoms with Crippen molar-refractivity contribution in [1.29, 1.82) is 0 Å². The van der Waals surface area contributed by atoms with Crippen molar-refractivity contribution in [2.75, 3.05) is 6.73 Å². The molecule has 0 spiro atoms. The van der Waals surface area contributed by atoms with Gasteiger partial charge in [-0.05, 0) is 24.3 Å². The highest BCUT2D eigenvalue weighted by Gasteiger charge is 2.15. The van der Waals surface area contributed by atoms with Gasteiger partial charge in [0.25, 0.3) is 0 Å². The van der Waals surface area contributed by atoms with E-state index < -0.39 is 6.09 Å². The zero-order valence-corrected chi connectivity index (χ0v) is 7.64. The fraction of sp³-hybridized carbons (Fsp3) is 0.100. The van der Waals surface area contributed by atoms with Crippen LogP contribution in [0.25, 0.3) is 5.76 Å². The predicted molar refractivity (Wildman–Crippen MR) is 47.6 cm³/mol. The van der Waals surface area contributed by atoms with E-state index in [2.05, 4.69) is 0 Å². The van der Waals surface area contributed by atoms with Gasteiger partial charge in [0.2, 0.25) is 0 Å². The van der Waals surface area contributed by atoms with E-state index in [4.69, 9.17) is 4.74 Å². The Morgan fingerprint density at radius 2 is 2.07 bits per heavy atom. The third-order valence-electron chi connectivity index (χ3n) is 2.00. The van der Waals surface area contributed by atoms with Gasteiger partial charge in [-0.3, -0.25) is 4.90 Å². The van der Waals surface area contributed by atoms with Gasteiger partial charge in [0.1, 0.15) is 17.7 Å². The molecule has 1 aromatic carbocycles. The molecule has 0 radical (unpaired) electrons. The van der Waals surface area contributed by atoms with E-state index in [1.807, 2.05) is 0 Å². The molecule has 1 heterocycles. The van der Waals surface area contributed by atoms with Gasteiger partial charge in [0, 0.05) is 5.56 Å². The van der Waals surface area contributed by atoms with E-state index in [9.17, 15) is 14.3 Å². The molecule has 1 aromatic rings. The van der Waals surface area contributed by atoms with Crippen LogP contribution in [-0.4, -0.2) is 17.7 Å². The average Bonchev–Trinajstić information content (AvgIpc) is 2.68. The summed E-state index contributed by atoms with van der Waals surface area (Å²) >= 11 is 0. The summed E-state index contributed by atoms with van der Waals surface area (Å²) in [6, 6.07) is 5.59. The molecule has 4 nitrogen and oxygen atoms in total. The molecule has 0 aliphatic carbocycles. The first-order valence-corrected chi connectivity index (χ1v) is 4.25. The van der Waals surface area contributed by atoms with Crippen molar-refractivity contribution in [3.05, 3.63) is 41.8 Å². The van der Waals surface area contributed by atoms with Gasteiger partial charge < -0.3 is 14.6 Å². The topological polar surface area (TPSA) is 52.6 Å². The molecule has 2 rings (SSSR count). The molecule has 0 saturated heterocycles. The van der Waals surface area contributed by atoms with Crippen LogP contribution in [0.15, 0.2) is 30.5 Å². The molecular weight excluding hydrogens is 201 g/mol. The summed E-state index contributed by atoms with van der Waals surface area (Å²) in [6.07, 6.45) is -0.0186. The van der Waals surface area contributed by atoms with E-state index >= 15 is 0 Å². The molecule has 0 fully saturated rings. The van der Waals surface area contributed by atoms with Gasteiger partial charge in [0.05, 0.1) is 6.20 Å². The van der Waals surface area contributed by atoms with Crippen LogP contribution in [-0.2, 0) is 4.74 Å². The maximum absolute atomic E-state index is 12.6. The third-order valence-corrected chi connectivity index (χ3v) is 2.00. The highest BCUT2D eigenvalue weighted by atomic mass is 19.1. The van der Waals surface area contributed by atoms with E-state index in [1.165, 1.54) is 30.5 Å². The maximum Gasteiger partial charge on any atom is 0.166 e. The van der Waals surface area contributed by atoms with Crippen LogP contribution in [0.4, 0.5) is 9.18 Å². The van der Waals surface area contributed by atoms with Gasteiger partial charge in [-0.15, -0.1) is 0 Å². The second kappa shape index (κ2) is 3.61. The standard InChI is InChI=1S/C10H8FNO3/c11-8-3-1-7(2-4-8)9-5-12(6-15-9)10(13)14/h1-5H,6H2,(H,13,14)/p-1. The monoisotopic (exact) mass is 208 g/mol. The number of carbonyl (C=O) groups excluding carboxylic acids is 1. The van der Waals surface area contributed by atoms with E-state index in [-0.39, 0.29) is 12.5 Å². The fourth-order valence-electron chi connectivity index (χ4n) is 1.23. The van der Waals surface area contributed by atoms with Crippen LogP contribution in [0.1, 0.15) is 5.56 Å². The summed E-state index contributed by atoms with van der Waals surface area (Å²) in [5.41, 5.74) is 0.625. The number of halogens is 1. The van der Waals surface area contributed by atoms with E-state index in [1.54, 1.807) is 0 Å². The number of carbonyl (C=O) groups is 1. The summed E-state index contributed by atoms with van der Waals surface area (Å²) in [5.74, 6) is 0.0355. The van der Waals surface area contributed by atoms with Gasteiger partial charge >= 0.3 is 0 Å². The fourth-order valence-corrected chi connectivity index (χ4v) is 1.23. The lowest BCUT2D eigenvalue weighted by Gasteiger charge is -2.12. The van der Waals surface area contributed by atoms with Crippen molar-refractivity contribution >= 4 is 11.9 Å². The second-order valence-electron chi connectivity index (χ2n) is 3.01. The number of ether oxygens (including phenoxy) is 1. The quantitative estimate of drug-likeness (QED) is 0.684. The molecule has 15 heavy (non-hydrogen) atoms. The average molecular weight is 208 g/mol. The van der Waals surface area contributed by atoms with Gasteiger partial charge in [-0.25, -0.2) is 4.39 Å². The lowest BCUT2D eigenvalue weighted by molar-refractivity contribution is -0.263. The molecule has 1 aliphatic heterocycles. The molecule has 0 aromatic heterocycles. The number of hydrogen-bond acceptors (Lipinski definition) is 3. The van der Waals surface area contributed by atoms with Crippen molar-refractivity contribution < 1.29 is 19.0 Å². The molecule has 1 aliphatic rings. The van der Waals surface area contributed by atoms with Crippen LogP contribution in [0, 0.1) is 5.82 Å². The first-order chi connectivity index (χ1) is 7.16. The Hall–Kier alpha value is -2.04. The normalized spacial score (nSPS) is 14.7. The largest absolute Gasteiger partial charge is 0.530 e. The van der Waals surface area contributed by atoms with Crippen LogP contribution in [0.3, 0.4) is 0 Å². The Labute approximate surface area is 85.2 Å². The Morgan fingerprint density at radius 1 is 1.40 bits per heavy atom. The molecule has 0 saturated carbocycles. The van der Waals surface area contributed by atoms with Crippen LogP contribution >= 0.6 is 0 Å². The number of hydrogen-bond donors (Lipinski definition) is 0. The number of amides is 1. The summed E-state index contributed by atoms with van der Waals surface area (Å²) in [7, 11) is 0. The van der Waals surface area contributed by atoms with Crippen LogP contribution in [0.5, 0.6) is 0 Å². The molecule has 0 N–H and O–H groups in total. The van der Waals surface area contributed by atoms with Crippen LogP contribution < -0.4 is 5.11 Å². The maximum atomic E-state index is 12.6. The molecule has 5 heteroatoms. The van der Waals surface area contributed by atoms with Crippen LogP contribution in [0.2, 0.25) is 0 Å². The molecular formula is C10H7FNO3-. The molecule has 78 valence electrons. The Kier molecular flexibility index (Phi) is 2.29.